The third-order valence-corrected chi connectivity index (χ3v) is 3.18. The first-order valence-corrected chi connectivity index (χ1v) is 7.03. The number of halogens is 2. The van der Waals surface area contributed by atoms with Crippen LogP contribution in [0, 0.1) is 10.7 Å². The summed E-state index contributed by atoms with van der Waals surface area (Å²) in [6.07, 6.45) is -0.506. The van der Waals surface area contributed by atoms with E-state index in [1.165, 1.54) is 6.92 Å². The van der Waals surface area contributed by atoms with Gasteiger partial charge in [0.05, 0.1) is 5.02 Å². The van der Waals surface area contributed by atoms with Gasteiger partial charge in [0.1, 0.15) is 23.9 Å². The maximum atomic E-state index is 10.9. The Bertz CT molecular complexity index is 490. The van der Waals surface area contributed by atoms with Crippen LogP contribution in [0.1, 0.15) is 6.92 Å². The molecule has 0 spiro atoms. The number of thiocyanates is 1. The Hall–Kier alpha value is -1.09. The average Bonchev–Trinajstić information content (AvgIpc) is 2.33. The number of carbonyl (C=O) groups excluding carboxylic acids is 1. The molecule has 0 aliphatic carbocycles. The van der Waals surface area contributed by atoms with Crippen LogP contribution in [0.25, 0.3) is 0 Å². The lowest BCUT2D eigenvalue weighted by Gasteiger charge is -2.16. The fourth-order valence-corrected chi connectivity index (χ4v) is 2.14. The van der Waals surface area contributed by atoms with Crippen LogP contribution in [-0.2, 0) is 9.53 Å². The van der Waals surface area contributed by atoms with Gasteiger partial charge < -0.3 is 9.47 Å². The molecule has 0 aromatic heterocycles. The predicted octanol–water partition coefficient (Wildman–Crippen LogP) is 3.52. The Morgan fingerprint density at radius 1 is 1.53 bits per heavy atom. The lowest BCUT2D eigenvalue weighted by Crippen LogP contribution is -2.26. The second kappa shape index (κ2) is 8.16. The van der Waals surface area contributed by atoms with Gasteiger partial charge in [0.2, 0.25) is 0 Å². The molecule has 4 nitrogen and oxygen atoms in total. The topological polar surface area (TPSA) is 59.3 Å². The first kappa shape index (κ1) is 16.0. The molecule has 0 amide bonds. The van der Waals surface area contributed by atoms with Crippen molar-refractivity contribution >= 4 is 40.9 Å². The van der Waals surface area contributed by atoms with Crippen LogP contribution in [0.2, 0.25) is 10.0 Å². The summed E-state index contributed by atoms with van der Waals surface area (Å²) < 4.78 is 10.5. The number of esters is 1. The minimum Gasteiger partial charge on any atom is -0.488 e. The molecule has 0 saturated heterocycles. The molecule has 0 saturated carbocycles. The average molecular weight is 320 g/mol. The summed E-state index contributed by atoms with van der Waals surface area (Å²) in [6.45, 7) is 1.43. The van der Waals surface area contributed by atoms with Crippen molar-refractivity contribution in [3.8, 4) is 11.2 Å². The van der Waals surface area contributed by atoms with Crippen molar-refractivity contribution in [1.29, 1.82) is 5.26 Å². The molecule has 1 aromatic rings. The second-order valence-corrected chi connectivity index (χ2v) is 5.17. The van der Waals surface area contributed by atoms with E-state index in [-0.39, 0.29) is 6.61 Å². The molecule has 102 valence electrons. The van der Waals surface area contributed by atoms with Crippen LogP contribution >= 0.6 is 35.0 Å². The van der Waals surface area contributed by atoms with Crippen LogP contribution in [0.15, 0.2) is 18.2 Å². The van der Waals surface area contributed by atoms with Crippen molar-refractivity contribution in [2.75, 3.05) is 12.4 Å². The Labute approximate surface area is 125 Å². The van der Waals surface area contributed by atoms with Gasteiger partial charge in [0.15, 0.2) is 0 Å². The first-order chi connectivity index (χ1) is 9.02. The van der Waals surface area contributed by atoms with Crippen molar-refractivity contribution in [3.63, 3.8) is 0 Å². The standard InChI is InChI=1S/C12H11Cl2NO3S/c1-8(16)18-10(6-19-7-15)5-17-12-3-2-9(13)4-11(12)14/h2-4,10H,5-6H2,1H3/t10-/m0/s1. The van der Waals surface area contributed by atoms with Gasteiger partial charge in [0, 0.05) is 17.7 Å². The highest BCUT2D eigenvalue weighted by atomic mass is 35.5. The summed E-state index contributed by atoms with van der Waals surface area (Å²) >= 11 is 12.7. The minimum absolute atomic E-state index is 0.121. The van der Waals surface area contributed by atoms with Gasteiger partial charge in [0.25, 0.3) is 0 Å². The van der Waals surface area contributed by atoms with Crippen molar-refractivity contribution in [3.05, 3.63) is 28.2 Å². The molecule has 19 heavy (non-hydrogen) atoms. The van der Waals surface area contributed by atoms with Gasteiger partial charge in [-0.05, 0) is 30.0 Å². The van der Waals surface area contributed by atoms with E-state index in [9.17, 15) is 4.79 Å². The molecule has 0 N–H and O–H groups in total. The van der Waals surface area contributed by atoms with Crippen molar-refractivity contribution in [2.45, 2.75) is 13.0 Å². The summed E-state index contributed by atoms with van der Waals surface area (Å²) in [5.74, 6) is 0.362. The lowest BCUT2D eigenvalue weighted by molar-refractivity contribution is -0.146. The maximum Gasteiger partial charge on any atom is 0.303 e. The molecule has 0 bridgehead atoms. The van der Waals surface area contributed by atoms with E-state index in [4.69, 9.17) is 37.9 Å². The summed E-state index contributed by atoms with van der Waals surface area (Å²) in [7, 11) is 0. The summed E-state index contributed by atoms with van der Waals surface area (Å²) in [4.78, 5) is 10.9. The van der Waals surface area contributed by atoms with E-state index in [1.807, 2.05) is 5.40 Å². The highest BCUT2D eigenvalue weighted by Gasteiger charge is 2.14. The van der Waals surface area contributed by atoms with Gasteiger partial charge in [-0.15, -0.1) is 0 Å². The van der Waals surface area contributed by atoms with Gasteiger partial charge >= 0.3 is 5.97 Å². The maximum absolute atomic E-state index is 10.9. The molecule has 1 rings (SSSR count). The zero-order valence-corrected chi connectivity index (χ0v) is 12.4. The minimum atomic E-state index is -0.506. The summed E-state index contributed by atoms with van der Waals surface area (Å²) in [5.41, 5.74) is 0. The van der Waals surface area contributed by atoms with E-state index < -0.39 is 12.1 Å². The van der Waals surface area contributed by atoms with E-state index in [0.717, 1.165) is 11.8 Å². The first-order valence-electron chi connectivity index (χ1n) is 5.29. The van der Waals surface area contributed by atoms with E-state index in [1.54, 1.807) is 18.2 Å². The Morgan fingerprint density at radius 3 is 2.84 bits per heavy atom. The van der Waals surface area contributed by atoms with E-state index in [2.05, 4.69) is 0 Å². The zero-order chi connectivity index (χ0) is 14.3. The lowest BCUT2D eigenvalue weighted by atomic mass is 10.3. The Kier molecular flexibility index (Phi) is 6.85. The zero-order valence-electron chi connectivity index (χ0n) is 10.1. The monoisotopic (exact) mass is 319 g/mol. The van der Waals surface area contributed by atoms with Crippen LogP contribution in [0.5, 0.6) is 5.75 Å². The quantitative estimate of drug-likeness (QED) is 0.593. The molecule has 0 heterocycles. The van der Waals surface area contributed by atoms with Crippen LogP contribution in [-0.4, -0.2) is 24.4 Å². The number of carbonyl (C=O) groups is 1. The highest BCUT2D eigenvalue weighted by molar-refractivity contribution is 8.03. The SMILES string of the molecule is CC(=O)O[C@@H](COc1ccc(Cl)cc1Cl)CSC#N. The Balaban J connectivity index is 2.59. The number of hydrogen-bond acceptors (Lipinski definition) is 5. The number of nitrogens with zero attached hydrogens (tertiary/aromatic N) is 1. The van der Waals surface area contributed by atoms with Crippen LogP contribution in [0.4, 0.5) is 0 Å². The van der Waals surface area contributed by atoms with E-state index in [0.29, 0.717) is 21.5 Å². The predicted molar refractivity (Wildman–Crippen MR) is 75.6 cm³/mol. The van der Waals surface area contributed by atoms with Gasteiger partial charge in [-0.1, -0.05) is 23.2 Å². The largest absolute Gasteiger partial charge is 0.488 e. The Morgan fingerprint density at radius 2 is 2.26 bits per heavy atom. The third kappa shape index (κ3) is 6.06. The molecule has 0 fully saturated rings. The highest BCUT2D eigenvalue weighted by Crippen LogP contribution is 2.27. The fraction of sp³-hybridized carbons (Fsp3) is 0.333. The third-order valence-electron chi connectivity index (χ3n) is 1.99. The molecular weight excluding hydrogens is 309 g/mol. The molecule has 0 aliphatic heterocycles. The molecular formula is C12H11Cl2NO3S. The number of ether oxygens (including phenoxy) is 2. The van der Waals surface area contributed by atoms with Crippen LogP contribution < -0.4 is 4.74 Å². The van der Waals surface area contributed by atoms with Crippen molar-refractivity contribution < 1.29 is 14.3 Å². The molecule has 1 atom stereocenters. The number of thioether (sulfide) groups is 1. The number of rotatable bonds is 6. The molecule has 0 radical (unpaired) electrons. The number of hydrogen-bond donors (Lipinski definition) is 0. The van der Waals surface area contributed by atoms with Gasteiger partial charge in [-0.25, -0.2) is 0 Å². The molecule has 0 aliphatic rings. The summed E-state index contributed by atoms with van der Waals surface area (Å²) in [5, 5.41) is 11.3. The van der Waals surface area contributed by atoms with Gasteiger partial charge in [-0.2, -0.15) is 5.26 Å². The number of benzene rings is 1. The summed E-state index contributed by atoms with van der Waals surface area (Å²) in [6, 6.07) is 4.84. The van der Waals surface area contributed by atoms with Crippen LogP contribution in [0.3, 0.4) is 0 Å². The molecule has 7 heteroatoms. The second-order valence-electron chi connectivity index (χ2n) is 3.52. The van der Waals surface area contributed by atoms with Gasteiger partial charge in [-0.3, -0.25) is 4.79 Å². The molecule has 1 aromatic carbocycles. The fourth-order valence-electron chi connectivity index (χ4n) is 1.26. The number of nitriles is 1. The van der Waals surface area contributed by atoms with Crippen molar-refractivity contribution in [1.82, 2.24) is 0 Å². The smallest absolute Gasteiger partial charge is 0.303 e. The van der Waals surface area contributed by atoms with E-state index >= 15 is 0 Å². The molecule has 0 unspecified atom stereocenters. The van der Waals surface area contributed by atoms with Crippen molar-refractivity contribution in [2.24, 2.45) is 0 Å². The normalized spacial score (nSPS) is 11.5.